The fraction of sp³-hybridized carbons (Fsp3) is 0.278. The molecule has 4 rings (SSSR count). The lowest BCUT2D eigenvalue weighted by Crippen LogP contribution is -2.54. The number of nitrogens with zero attached hydrogens (tertiary/aromatic N) is 2. The Hall–Kier alpha value is -4.14. The van der Waals surface area contributed by atoms with Gasteiger partial charge >= 0.3 is 0 Å². The maximum Gasteiger partial charge on any atom is 0.264 e. The predicted molar refractivity (Wildman–Crippen MR) is 181 cm³/mol. The molecule has 0 aliphatic rings. The second-order valence-corrected chi connectivity index (χ2v) is 13.3. The van der Waals surface area contributed by atoms with Gasteiger partial charge in [0.25, 0.3) is 10.0 Å². The van der Waals surface area contributed by atoms with E-state index in [1.54, 1.807) is 54.6 Å². The van der Waals surface area contributed by atoms with Crippen LogP contribution in [0.2, 0.25) is 5.02 Å². The zero-order chi connectivity index (χ0) is 32.4. The number of aryl methyl sites for hydroxylation is 1. The third kappa shape index (κ3) is 8.74. The minimum absolute atomic E-state index is 0.0725. The maximum absolute atomic E-state index is 14.6. The largest absolute Gasteiger partial charge is 0.352 e. The molecule has 9 heteroatoms. The highest BCUT2D eigenvalue weighted by Crippen LogP contribution is 2.28. The molecule has 7 nitrogen and oxygen atoms in total. The number of carbonyl (C=O) groups excluding carboxylic acids is 2. The van der Waals surface area contributed by atoms with E-state index in [0.29, 0.717) is 23.6 Å². The topological polar surface area (TPSA) is 86.8 Å². The molecule has 0 aliphatic heterocycles. The van der Waals surface area contributed by atoms with Crippen molar-refractivity contribution in [2.24, 2.45) is 0 Å². The lowest BCUT2D eigenvalue weighted by Gasteiger charge is -2.34. The van der Waals surface area contributed by atoms with Gasteiger partial charge in [0.05, 0.1) is 10.6 Å². The molecule has 236 valence electrons. The summed E-state index contributed by atoms with van der Waals surface area (Å²) in [5.41, 5.74) is 2.84. The van der Waals surface area contributed by atoms with Crippen molar-refractivity contribution >= 4 is 39.1 Å². The van der Waals surface area contributed by atoms with Crippen LogP contribution in [0.5, 0.6) is 0 Å². The molecule has 0 bridgehead atoms. The lowest BCUT2D eigenvalue weighted by atomic mass is 10.0. The Morgan fingerprint density at radius 3 is 2.02 bits per heavy atom. The molecular weight excluding hydrogens is 606 g/mol. The van der Waals surface area contributed by atoms with Crippen LogP contribution in [0.25, 0.3) is 0 Å². The first-order chi connectivity index (χ1) is 21.6. The van der Waals surface area contributed by atoms with Gasteiger partial charge in [-0.15, -0.1) is 0 Å². The summed E-state index contributed by atoms with van der Waals surface area (Å²) in [5, 5.41) is 3.60. The van der Waals surface area contributed by atoms with Gasteiger partial charge in [-0.3, -0.25) is 13.9 Å². The second kappa shape index (κ2) is 15.7. The summed E-state index contributed by atoms with van der Waals surface area (Å²) in [5.74, 6) is -0.808. The predicted octanol–water partition coefficient (Wildman–Crippen LogP) is 6.65. The van der Waals surface area contributed by atoms with Gasteiger partial charge < -0.3 is 10.2 Å². The molecule has 2 unspecified atom stereocenters. The molecule has 0 radical (unpaired) electrons. The summed E-state index contributed by atoms with van der Waals surface area (Å²) < 4.78 is 29.6. The fourth-order valence-electron chi connectivity index (χ4n) is 5.07. The van der Waals surface area contributed by atoms with Crippen LogP contribution in [0, 0.1) is 0 Å². The minimum Gasteiger partial charge on any atom is -0.352 e. The van der Waals surface area contributed by atoms with Gasteiger partial charge in [-0.25, -0.2) is 8.42 Å². The Morgan fingerprint density at radius 1 is 0.800 bits per heavy atom. The number of amides is 2. The molecule has 4 aromatic carbocycles. The Kier molecular flexibility index (Phi) is 11.8. The standard InChI is InChI=1S/C36H40ClN3O4S/c1-4-27(3)38-36(42)34(24-28-14-8-6-9-15-28)39(25-29-20-22-31(37)23-21-29)35(41)26-40(33-19-13-12-16-30(33)5-2)45(43,44)32-17-10-7-11-18-32/h6-23,27,34H,4-5,24-26H2,1-3H3,(H,38,42). The Morgan fingerprint density at radius 2 is 1.40 bits per heavy atom. The molecular formula is C36H40ClN3O4S. The molecule has 2 amide bonds. The molecule has 0 fully saturated rings. The van der Waals surface area contributed by atoms with Crippen molar-refractivity contribution in [3.8, 4) is 0 Å². The second-order valence-electron chi connectivity index (χ2n) is 11.0. The van der Waals surface area contributed by atoms with E-state index >= 15 is 0 Å². The summed E-state index contributed by atoms with van der Waals surface area (Å²) in [7, 11) is -4.15. The van der Waals surface area contributed by atoms with Gasteiger partial charge in [0.1, 0.15) is 12.6 Å². The van der Waals surface area contributed by atoms with E-state index in [-0.39, 0.29) is 29.8 Å². The van der Waals surface area contributed by atoms with E-state index in [2.05, 4.69) is 5.32 Å². The van der Waals surface area contributed by atoms with Crippen molar-refractivity contribution in [1.82, 2.24) is 10.2 Å². The van der Waals surface area contributed by atoms with Gasteiger partial charge in [-0.1, -0.05) is 104 Å². The number of hydrogen-bond donors (Lipinski definition) is 1. The average molecular weight is 646 g/mol. The third-order valence-electron chi connectivity index (χ3n) is 7.79. The molecule has 1 N–H and O–H groups in total. The number of hydrogen-bond acceptors (Lipinski definition) is 4. The maximum atomic E-state index is 14.6. The number of anilines is 1. The van der Waals surface area contributed by atoms with Gasteiger partial charge in [0, 0.05) is 24.0 Å². The zero-order valence-corrected chi connectivity index (χ0v) is 27.5. The SMILES string of the molecule is CCc1ccccc1N(CC(=O)N(Cc1ccc(Cl)cc1)C(Cc1ccccc1)C(=O)NC(C)CC)S(=O)(=O)c1ccccc1. The number of benzene rings is 4. The normalized spacial score (nSPS) is 12.6. The average Bonchev–Trinajstić information content (AvgIpc) is 3.06. The van der Waals surface area contributed by atoms with E-state index in [1.165, 1.54) is 21.3 Å². The summed E-state index contributed by atoms with van der Waals surface area (Å²) >= 11 is 6.16. The Balaban J connectivity index is 1.82. The van der Waals surface area contributed by atoms with Crippen molar-refractivity contribution < 1.29 is 18.0 Å². The molecule has 0 aliphatic carbocycles. The lowest BCUT2D eigenvalue weighted by molar-refractivity contribution is -0.140. The van der Waals surface area contributed by atoms with Gasteiger partial charge in [-0.05, 0) is 66.8 Å². The first-order valence-electron chi connectivity index (χ1n) is 15.2. The number of sulfonamides is 1. The Labute approximate surface area is 271 Å². The highest BCUT2D eigenvalue weighted by atomic mass is 35.5. The van der Waals surface area contributed by atoms with Crippen LogP contribution in [0.15, 0.2) is 114 Å². The summed E-state index contributed by atoms with van der Waals surface area (Å²) in [4.78, 5) is 30.1. The Bertz CT molecular complexity index is 1670. The molecule has 45 heavy (non-hydrogen) atoms. The van der Waals surface area contributed by atoms with Crippen LogP contribution in [-0.2, 0) is 39.0 Å². The van der Waals surface area contributed by atoms with E-state index in [1.807, 2.05) is 63.2 Å². The first-order valence-corrected chi connectivity index (χ1v) is 17.0. The van der Waals surface area contributed by atoms with E-state index in [0.717, 1.165) is 16.7 Å². The molecule has 2 atom stereocenters. The highest BCUT2D eigenvalue weighted by Gasteiger charge is 2.35. The van der Waals surface area contributed by atoms with Crippen molar-refractivity contribution in [2.75, 3.05) is 10.8 Å². The van der Waals surface area contributed by atoms with Crippen LogP contribution < -0.4 is 9.62 Å². The van der Waals surface area contributed by atoms with Crippen molar-refractivity contribution in [1.29, 1.82) is 0 Å². The number of carbonyl (C=O) groups is 2. The van der Waals surface area contributed by atoms with Crippen molar-refractivity contribution in [3.63, 3.8) is 0 Å². The minimum atomic E-state index is -4.15. The van der Waals surface area contributed by atoms with Crippen LogP contribution in [0.3, 0.4) is 0 Å². The van der Waals surface area contributed by atoms with Crippen LogP contribution in [0.4, 0.5) is 5.69 Å². The van der Waals surface area contributed by atoms with Crippen LogP contribution in [0.1, 0.15) is 43.9 Å². The van der Waals surface area contributed by atoms with E-state index in [9.17, 15) is 18.0 Å². The van der Waals surface area contributed by atoms with Crippen molar-refractivity contribution in [2.45, 2.75) is 63.6 Å². The molecule has 0 saturated carbocycles. The molecule has 0 aromatic heterocycles. The molecule has 0 heterocycles. The zero-order valence-electron chi connectivity index (χ0n) is 25.9. The molecule has 0 spiro atoms. The van der Waals surface area contributed by atoms with E-state index < -0.39 is 28.5 Å². The quantitative estimate of drug-likeness (QED) is 0.166. The highest BCUT2D eigenvalue weighted by molar-refractivity contribution is 7.92. The smallest absolute Gasteiger partial charge is 0.264 e. The summed E-state index contributed by atoms with van der Waals surface area (Å²) in [6.07, 6.45) is 1.53. The van der Waals surface area contributed by atoms with Gasteiger partial charge in [-0.2, -0.15) is 0 Å². The van der Waals surface area contributed by atoms with Crippen molar-refractivity contribution in [3.05, 3.63) is 131 Å². The molecule has 4 aromatic rings. The monoisotopic (exact) mass is 645 g/mol. The van der Waals surface area contributed by atoms with Crippen LogP contribution in [-0.4, -0.2) is 43.8 Å². The van der Waals surface area contributed by atoms with Crippen LogP contribution >= 0.6 is 11.6 Å². The number of rotatable bonds is 14. The summed E-state index contributed by atoms with van der Waals surface area (Å²) in [6.45, 7) is 5.42. The van der Waals surface area contributed by atoms with Gasteiger partial charge in [0.15, 0.2) is 0 Å². The number of halogens is 1. The first kappa shape index (κ1) is 33.7. The summed E-state index contributed by atoms with van der Waals surface area (Å²) in [6, 6.07) is 30.8. The number of para-hydroxylation sites is 1. The van der Waals surface area contributed by atoms with E-state index in [4.69, 9.17) is 11.6 Å². The fourth-order valence-corrected chi connectivity index (χ4v) is 6.67. The number of nitrogens with one attached hydrogen (secondary N) is 1. The van der Waals surface area contributed by atoms with Gasteiger partial charge in [0.2, 0.25) is 11.8 Å². The third-order valence-corrected chi connectivity index (χ3v) is 9.82. The molecule has 0 saturated heterocycles.